The second kappa shape index (κ2) is 10.4. The van der Waals surface area contributed by atoms with Crippen LogP contribution in [0.5, 0.6) is 5.75 Å². The highest BCUT2D eigenvalue weighted by molar-refractivity contribution is 5.85. The van der Waals surface area contributed by atoms with Crippen molar-refractivity contribution in [3.05, 3.63) is 41.5 Å². The molecule has 1 aliphatic heterocycles. The van der Waals surface area contributed by atoms with Crippen molar-refractivity contribution in [2.75, 3.05) is 33.9 Å². The fourth-order valence-corrected chi connectivity index (χ4v) is 3.22. The molecule has 1 aliphatic rings. The van der Waals surface area contributed by atoms with Gasteiger partial charge in [-0.1, -0.05) is 23.4 Å². The number of amides is 1. The normalized spacial score (nSPS) is 17.7. The van der Waals surface area contributed by atoms with Gasteiger partial charge >= 0.3 is 0 Å². The van der Waals surface area contributed by atoms with E-state index in [1.807, 2.05) is 36.1 Å². The zero-order valence-electron chi connectivity index (χ0n) is 16.4. The first-order chi connectivity index (χ1) is 13.1. The third kappa shape index (κ3) is 5.01. The van der Waals surface area contributed by atoms with Gasteiger partial charge < -0.3 is 24.2 Å². The molecule has 8 nitrogen and oxygen atoms in total. The Kier molecular flexibility index (Phi) is 8.22. The molecule has 154 valence electrons. The van der Waals surface area contributed by atoms with Crippen LogP contribution >= 0.6 is 12.4 Å². The van der Waals surface area contributed by atoms with Crippen LogP contribution < -0.4 is 10.1 Å². The molecule has 2 heterocycles. The second-order valence-corrected chi connectivity index (χ2v) is 6.47. The molecular weight excluding hydrogens is 384 g/mol. The SMILES string of the molecule is COc1ccccc1C1CNCCN1C(=O)CCc1nc(C(C)OC)no1.Cl. The highest BCUT2D eigenvalue weighted by Gasteiger charge is 2.29. The molecule has 28 heavy (non-hydrogen) atoms. The number of para-hydroxylation sites is 1. The van der Waals surface area contributed by atoms with Gasteiger partial charge in [0.25, 0.3) is 0 Å². The summed E-state index contributed by atoms with van der Waals surface area (Å²) in [6, 6.07) is 7.76. The summed E-state index contributed by atoms with van der Waals surface area (Å²) in [5.74, 6) is 1.80. The molecule has 2 unspecified atom stereocenters. The van der Waals surface area contributed by atoms with Gasteiger partial charge in [0.05, 0.1) is 13.2 Å². The van der Waals surface area contributed by atoms with Crippen LogP contribution in [0.4, 0.5) is 0 Å². The molecule has 2 aromatic rings. The van der Waals surface area contributed by atoms with Crippen molar-refractivity contribution in [2.45, 2.75) is 31.9 Å². The maximum atomic E-state index is 12.9. The van der Waals surface area contributed by atoms with E-state index in [4.69, 9.17) is 14.0 Å². The van der Waals surface area contributed by atoms with Gasteiger partial charge in [-0.2, -0.15) is 4.98 Å². The summed E-state index contributed by atoms with van der Waals surface area (Å²) in [6.07, 6.45) is 0.487. The minimum absolute atomic E-state index is 0. The predicted molar refractivity (Wildman–Crippen MR) is 106 cm³/mol. The molecule has 1 fully saturated rings. The molecule has 0 spiro atoms. The van der Waals surface area contributed by atoms with Gasteiger partial charge in [-0.25, -0.2) is 0 Å². The summed E-state index contributed by atoms with van der Waals surface area (Å²) in [4.78, 5) is 19.1. The van der Waals surface area contributed by atoms with Gasteiger partial charge in [0.15, 0.2) is 5.82 Å². The molecule has 3 rings (SSSR count). The number of nitrogens with zero attached hydrogens (tertiary/aromatic N) is 3. The number of carbonyl (C=O) groups is 1. The molecule has 0 radical (unpaired) electrons. The molecule has 1 aromatic carbocycles. The van der Waals surface area contributed by atoms with Crippen molar-refractivity contribution in [3.63, 3.8) is 0 Å². The average Bonchev–Trinajstić information content (AvgIpc) is 3.20. The highest BCUT2D eigenvalue weighted by atomic mass is 35.5. The van der Waals surface area contributed by atoms with E-state index in [9.17, 15) is 4.79 Å². The molecule has 2 atom stereocenters. The monoisotopic (exact) mass is 410 g/mol. The number of rotatable bonds is 7. The maximum Gasteiger partial charge on any atom is 0.227 e. The van der Waals surface area contributed by atoms with Crippen LogP contribution in [0, 0.1) is 0 Å². The Labute approximate surface area is 171 Å². The summed E-state index contributed by atoms with van der Waals surface area (Å²) >= 11 is 0. The van der Waals surface area contributed by atoms with Crippen molar-refractivity contribution >= 4 is 18.3 Å². The number of aromatic nitrogens is 2. The van der Waals surface area contributed by atoms with Crippen molar-refractivity contribution < 1.29 is 18.8 Å². The lowest BCUT2D eigenvalue weighted by molar-refractivity contribution is -0.134. The average molecular weight is 411 g/mol. The van der Waals surface area contributed by atoms with Gasteiger partial charge in [-0.05, 0) is 13.0 Å². The van der Waals surface area contributed by atoms with Crippen LogP contribution in [-0.2, 0) is 16.0 Å². The smallest absolute Gasteiger partial charge is 0.227 e. The number of piperazine rings is 1. The first-order valence-corrected chi connectivity index (χ1v) is 9.12. The summed E-state index contributed by atoms with van der Waals surface area (Å²) in [5, 5.41) is 7.26. The second-order valence-electron chi connectivity index (χ2n) is 6.47. The molecule has 0 saturated carbocycles. The van der Waals surface area contributed by atoms with E-state index in [2.05, 4.69) is 15.5 Å². The van der Waals surface area contributed by atoms with Crippen molar-refractivity contribution in [1.82, 2.24) is 20.4 Å². The fourth-order valence-electron chi connectivity index (χ4n) is 3.22. The fraction of sp³-hybridized carbons (Fsp3) is 0.526. The number of benzene rings is 1. The topological polar surface area (TPSA) is 89.7 Å². The lowest BCUT2D eigenvalue weighted by atomic mass is 10.0. The Morgan fingerprint density at radius 1 is 1.39 bits per heavy atom. The Balaban J connectivity index is 0.00000280. The Morgan fingerprint density at radius 3 is 2.93 bits per heavy atom. The molecule has 0 bridgehead atoms. The minimum atomic E-state index is -0.235. The standard InChI is InChI=1S/C19H26N4O4.ClH/c1-13(25-2)19-21-17(27-22-19)8-9-18(24)23-11-10-20-12-15(23)14-6-4-5-7-16(14)26-3;/h4-7,13,15,20H,8-12H2,1-3H3;1H. The predicted octanol–water partition coefficient (Wildman–Crippen LogP) is 2.31. The Bertz CT molecular complexity index is 770. The molecule has 0 aliphatic carbocycles. The zero-order valence-corrected chi connectivity index (χ0v) is 17.2. The van der Waals surface area contributed by atoms with Crippen LogP contribution in [0.15, 0.2) is 28.8 Å². The molecule has 1 aromatic heterocycles. The van der Waals surface area contributed by atoms with Crippen molar-refractivity contribution in [2.24, 2.45) is 0 Å². The third-order valence-corrected chi connectivity index (χ3v) is 4.82. The van der Waals surface area contributed by atoms with Crippen molar-refractivity contribution in [3.8, 4) is 5.75 Å². The molecular formula is C19H27ClN4O4. The van der Waals surface area contributed by atoms with Gasteiger partial charge in [-0.3, -0.25) is 4.79 Å². The van der Waals surface area contributed by atoms with Crippen LogP contribution in [-0.4, -0.2) is 54.8 Å². The molecule has 1 saturated heterocycles. The van der Waals surface area contributed by atoms with E-state index < -0.39 is 0 Å². The molecule has 9 heteroatoms. The number of aryl methyl sites for hydroxylation is 1. The molecule has 1 amide bonds. The van der Waals surface area contributed by atoms with E-state index >= 15 is 0 Å². The van der Waals surface area contributed by atoms with E-state index in [1.54, 1.807) is 14.2 Å². The lowest BCUT2D eigenvalue weighted by Crippen LogP contribution is -2.48. The summed E-state index contributed by atoms with van der Waals surface area (Å²) < 4.78 is 15.9. The zero-order chi connectivity index (χ0) is 19.2. The summed E-state index contributed by atoms with van der Waals surface area (Å²) in [7, 11) is 3.24. The van der Waals surface area contributed by atoms with Gasteiger partial charge in [0.1, 0.15) is 11.9 Å². The Morgan fingerprint density at radius 2 is 2.18 bits per heavy atom. The van der Waals surface area contributed by atoms with E-state index in [-0.39, 0.29) is 30.5 Å². The lowest BCUT2D eigenvalue weighted by Gasteiger charge is -2.37. The van der Waals surface area contributed by atoms with E-state index in [0.29, 0.717) is 37.6 Å². The third-order valence-electron chi connectivity index (χ3n) is 4.82. The van der Waals surface area contributed by atoms with Crippen LogP contribution in [0.2, 0.25) is 0 Å². The molecule has 1 N–H and O–H groups in total. The number of hydrogen-bond acceptors (Lipinski definition) is 7. The quantitative estimate of drug-likeness (QED) is 0.749. The van der Waals surface area contributed by atoms with Gasteiger partial charge in [0, 0.05) is 45.1 Å². The highest BCUT2D eigenvalue weighted by Crippen LogP contribution is 2.30. The first-order valence-electron chi connectivity index (χ1n) is 9.12. The van der Waals surface area contributed by atoms with Crippen LogP contribution in [0.3, 0.4) is 0 Å². The van der Waals surface area contributed by atoms with Crippen LogP contribution in [0.25, 0.3) is 0 Å². The van der Waals surface area contributed by atoms with Gasteiger partial charge in [0.2, 0.25) is 11.8 Å². The number of nitrogens with one attached hydrogen (secondary N) is 1. The van der Waals surface area contributed by atoms with E-state index in [0.717, 1.165) is 17.9 Å². The number of hydrogen-bond donors (Lipinski definition) is 1. The number of methoxy groups -OCH3 is 2. The van der Waals surface area contributed by atoms with Crippen LogP contribution in [0.1, 0.15) is 42.8 Å². The summed E-state index contributed by atoms with van der Waals surface area (Å²) in [5.41, 5.74) is 1.01. The first kappa shape index (κ1) is 22.1. The number of ether oxygens (including phenoxy) is 2. The minimum Gasteiger partial charge on any atom is -0.496 e. The van der Waals surface area contributed by atoms with Gasteiger partial charge in [-0.15, -0.1) is 12.4 Å². The van der Waals surface area contributed by atoms with Crippen molar-refractivity contribution in [1.29, 1.82) is 0 Å². The van der Waals surface area contributed by atoms with E-state index in [1.165, 1.54) is 0 Å². The summed E-state index contributed by atoms with van der Waals surface area (Å²) in [6.45, 7) is 3.96. The Hall–Kier alpha value is -2.16. The largest absolute Gasteiger partial charge is 0.496 e. The number of halogens is 1. The maximum absolute atomic E-state index is 12.9. The number of carbonyl (C=O) groups excluding carboxylic acids is 1.